The highest BCUT2D eigenvalue weighted by Crippen LogP contribution is 2.37. The van der Waals surface area contributed by atoms with E-state index in [0.29, 0.717) is 37.4 Å². The summed E-state index contributed by atoms with van der Waals surface area (Å²) in [7, 11) is 1.12. The number of carbonyl (C=O) groups is 3. The van der Waals surface area contributed by atoms with Gasteiger partial charge in [-0.05, 0) is 75.6 Å². The quantitative estimate of drug-likeness (QED) is 0.270. The van der Waals surface area contributed by atoms with Gasteiger partial charge in [0.25, 0.3) is 0 Å². The van der Waals surface area contributed by atoms with Gasteiger partial charge in [0.05, 0.1) is 13.2 Å². The zero-order valence-corrected chi connectivity index (χ0v) is 21.7. The van der Waals surface area contributed by atoms with E-state index in [1.807, 2.05) is 18.2 Å². The third-order valence-electron chi connectivity index (χ3n) is 7.25. The third kappa shape index (κ3) is 6.11. The fourth-order valence-electron chi connectivity index (χ4n) is 5.27. The molecule has 1 fully saturated rings. The first-order valence-corrected chi connectivity index (χ1v) is 12.7. The van der Waals surface area contributed by atoms with E-state index >= 15 is 0 Å². The van der Waals surface area contributed by atoms with Gasteiger partial charge < -0.3 is 9.64 Å². The number of benzene rings is 1. The van der Waals surface area contributed by atoms with Gasteiger partial charge in [-0.3, -0.25) is 19.6 Å². The molecule has 39 heavy (non-hydrogen) atoms. The molecule has 1 aromatic heterocycles. The minimum Gasteiger partial charge on any atom is -0.468 e. The molecule has 9 nitrogen and oxygen atoms in total. The Bertz CT molecular complexity index is 1210. The van der Waals surface area contributed by atoms with Gasteiger partial charge in [-0.1, -0.05) is 6.07 Å². The van der Waals surface area contributed by atoms with Gasteiger partial charge in [0.2, 0.25) is 6.41 Å². The number of aromatic nitrogens is 1. The van der Waals surface area contributed by atoms with Crippen LogP contribution in [0.2, 0.25) is 0 Å². The summed E-state index contributed by atoms with van der Waals surface area (Å²) in [6.45, 7) is 3.79. The number of piperidine rings is 1. The van der Waals surface area contributed by atoms with Crippen molar-refractivity contribution >= 4 is 24.1 Å². The Balaban J connectivity index is 1.50. The van der Waals surface area contributed by atoms with Crippen LogP contribution in [-0.4, -0.2) is 77.3 Å². The zero-order valence-electron chi connectivity index (χ0n) is 21.7. The van der Waals surface area contributed by atoms with Crippen molar-refractivity contribution < 1.29 is 32.3 Å². The van der Waals surface area contributed by atoms with Crippen LogP contribution in [0, 0.1) is 23.4 Å². The third-order valence-corrected chi connectivity index (χ3v) is 7.25. The predicted molar refractivity (Wildman–Crippen MR) is 135 cm³/mol. The number of ether oxygens (including phenoxy) is 1. The molecule has 12 heteroatoms. The number of hydrogen-bond acceptors (Lipinski definition) is 6. The van der Waals surface area contributed by atoms with E-state index in [2.05, 4.69) is 14.9 Å². The van der Waals surface area contributed by atoms with E-state index in [0.717, 1.165) is 48.8 Å². The predicted octanol–water partition coefficient (Wildman–Crippen LogP) is 3.87. The van der Waals surface area contributed by atoms with Crippen molar-refractivity contribution in [3.8, 4) is 0 Å². The maximum atomic E-state index is 14.2. The number of hydrogen-bond donors (Lipinski definition) is 0. The van der Waals surface area contributed by atoms with Crippen LogP contribution in [0.1, 0.15) is 49.4 Å². The van der Waals surface area contributed by atoms with Crippen LogP contribution in [0.3, 0.4) is 0 Å². The molecule has 3 amide bonds. The fraction of sp³-hybridized carbons (Fsp3) is 0.444. The van der Waals surface area contributed by atoms with Gasteiger partial charge in [-0.25, -0.2) is 28.0 Å². The van der Waals surface area contributed by atoms with Crippen LogP contribution in [0.5, 0.6) is 0 Å². The number of halogens is 3. The van der Waals surface area contributed by atoms with Crippen molar-refractivity contribution in [2.45, 2.75) is 38.1 Å². The van der Waals surface area contributed by atoms with Gasteiger partial charge in [0, 0.05) is 30.1 Å². The van der Waals surface area contributed by atoms with E-state index < -0.39 is 41.4 Å². The highest BCUT2D eigenvalue weighted by molar-refractivity contribution is 6.08. The molecule has 2 aliphatic heterocycles. The molecule has 2 aliphatic rings. The molecule has 4 rings (SSSR count). The summed E-state index contributed by atoms with van der Waals surface area (Å²) in [6, 6.07) is 5.01. The summed E-state index contributed by atoms with van der Waals surface area (Å²) in [4.78, 5) is 48.5. The van der Waals surface area contributed by atoms with E-state index in [9.17, 15) is 27.6 Å². The standard InChI is InChI=1S/C27H30F3N5O4/c1-17-23(26(37)39-2)25(19-14-20(28)24(30)21(29)15-19)35(27(38)32-17)34(16-36)11-5-10-33-12-7-18(8-13-33)22-6-3-4-9-31-22/h3-4,6,9,14-16,18,23,25H,5,7-8,10-13H2,1-2H3. The molecule has 0 N–H and O–H groups in total. The fourth-order valence-corrected chi connectivity index (χ4v) is 5.27. The van der Waals surface area contributed by atoms with Crippen LogP contribution >= 0.6 is 0 Å². The molecule has 2 atom stereocenters. The molecular weight excluding hydrogens is 515 g/mol. The van der Waals surface area contributed by atoms with E-state index in [-0.39, 0.29) is 17.8 Å². The Morgan fingerprint density at radius 2 is 1.87 bits per heavy atom. The molecule has 208 valence electrons. The summed E-state index contributed by atoms with van der Waals surface area (Å²) in [5.74, 6) is -6.39. The largest absolute Gasteiger partial charge is 0.468 e. The Hall–Kier alpha value is -3.80. The number of esters is 1. The average molecular weight is 546 g/mol. The van der Waals surface area contributed by atoms with Crippen LogP contribution in [0.15, 0.2) is 41.5 Å². The summed E-state index contributed by atoms with van der Waals surface area (Å²) in [5.41, 5.74) is 0.899. The first kappa shape index (κ1) is 28.2. The van der Waals surface area contributed by atoms with Crippen LogP contribution in [0.4, 0.5) is 18.0 Å². The number of aliphatic imine (C=N–C) groups is 1. The van der Waals surface area contributed by atoms with Crippen molar-refractivity contribution in [2.75, 3.05) is 33.3 Å². The number of amides is 3. The Morgan fingerprint density at radius 3 is 2.46 bits per heavy atom. The van der Waals surface area contributed by atoms with Crippen molar-refractivity contribution in [1.82, 2.24) is 19.9 Å². The van der Waals surface area contributed by atoms with Gasteiger partial charge in [-0.15, -0.1) is 0 Å². The SMILES string of the molecule is COC(=O)C1C(C)=NC(=O)N(N(C=O)CCCN2CCC(c3ccccn3)CC2)C1c1cc(F)c(F)c(F)c1. The van der Waals surface area contributed by atoms with Crippen molar-refractivity contribution in [2.24, 2.45) is 10.9 Å². The number of carbonyl (C=O) groups excluding carboxylic acids is 3. The van der Waals surface area contributed by atoms with Crippen LogP contribution in [-0.2, 0) is 14.3 Å². The number of nitrogens with zero attached hydrogens (tertiary/aromatic N) is 5. The molecule has 1 aromatic carbocycles. The minimum absolute atomic E-state index is 0.0415. The smallest absolute Gasteiger partial charge is 0.362 e. The summed E-state index contributed by atoms with van der Waals surface area (Å²) in [5, 5.41) is 1.93. The van der Waals surface area contributed by atoms with Gasteiger partial charge in [-0.2, -0.15) is 0 Å². The minimum atomic E-state index is -1.69. The second kappa shape index (κ2) is 12.4. The second-order valence-corrected chi connectivity index (χ2v) is 9.62. The summed E-state index contributed by atoms with van der Waals surface area (Å²) in [6.07, 6.45) is 4.55. The van der Waals surface area contributed by atoms with E-state index in [1.54, 1.807) is 6.20 Å². The molecule has 2 aromatic rings. The van der Waals surface area contributed by atoms with E-state index in [1.165, 1.54) is 6.92 Å². The van der Waals surface area contributed by atoms with Gasteiger partial charge >= 0.3 is 12.0 Å². The maximum Gasteiger partial charge on any atom is 0.362 e. The molecule has 3 heterocycles. The Kier molecular flexibility index (Phi) is 8.95. The average Bonchev–Trinajstić information content (AvgIpc) is 2.94. The lowest BCUT2D eigenvalue weighted by atomic mass is 9.87. The number of pyridine rings is 1. The maximum absolute atomic E-state index is 14.2. The first-order chi connectivity index (χ1) is 18.7. The van der Waals surface area contributed by atoms with Crippen molar-refractivity contribution in [3.63, 3.8) is 0 Å². The first-order valence-electron chi connectivity index (χ1n) is 12.7. The highest BCUT2D eigenvalue weighted by Gasteiger charge is 2.46. The number of methoxy groups -OCH3 is 1. The molecule has 2 unspecified atom stereocenters. The number of likely N-dealkylation sites (tertiary alicyclic amines) is 1. The molecule has 0 bridgehead atoms. The summed E-state index contributed by atoms with van der Waals surface area (Å²) >= 11 is 0. The second-order valence-electron chi connectivity index (χ2n) is 9.62. The number of rotatable bonds is 9. The van der Waals surface area contributed by atoms with Crippen molar-refractivity contribution in [1.29, 1.82) is 0 Å². The number of hydrazine groups is 1. The molecule has 0 aliphatic carbocycles. The van der Waals surface area contributed by atoms with E-state index in [4.69, 9.17) is 4.74 Å². The summed E-state index contributed by atoms with van der Waals surface area (Å²) < 4.78 is 47.0. The normalized spacial score (nSPS) is 20.5. The molecule has 1 saturated heterocycles. The highest BCUT2D eigenvalue weighted by atomic mass is 19.2. The lowest BCUT2D eigenvalue weighted by Crippen LogP contribution is -2.54. The molecule has 0 spiro atoms. The van der Waals surface area contributed by atoms with Gasteiger partial charge in [0.1, 0.15) is 5.92 Å². The van der Waals surface area contributed by atoms with Crippen LogP contribution < -0.4 is 0 Å². The van der Waals surface area contributed by atoms with Crippen LogP contribution in [0.25, 0.3) is 0 Å². The lowest BCUT2D eigenvalue weighted by Gasteiger charge is -2.42. The topological polar surface area (TPSA) is 95.4 Å². The monoisotopic (exact) mass is 545 g/mol. The molecule has 0 saturated carbocycles. The lowest BCUT2D eigenvalue weighted by molar-refractivity contribution is -0.150. The Morgan fingerprint density at radius 1 is 1.18 bits per heavy atom. The molecular formula is C27H30F3N5O4. The Labute approximate surface area is 224 Å². The van der Waals surface area contributed by atoms with Crippen molar-refractivity contribution in [3.05, 3.63) is 65.2 Å². The zero-order chi connectivity index (χ0) is 28.1. The number of urea groups is 1. The molecule has 0 radical (unpaired) electrons. The van der Waals surface area contributed by atoms with Gasteiger partial charge in [0.15, 0.2) is 17.5 Å².